The lowest BCUT2D eigenvalue weighted by molar-refractivity contribution is -0.127. The first kappa shape index (κ1) is 23.5. The molecule has 180 valence electrons. The fourth-order valence-electron chi connectivity index (χ4n) is 4.77. The molecular formula is C28H30N4O2S. The maximum absolute atomic E-state index is 13.4. The van der Waals surface area contributed by atoms with E-state index in [9.17, 15) is 4.79 Å². The van der Waals surface area contributed by atoms with Crippen molar-refractivity contribution >= 4 is 17.2 Å². The Hall–Kier alpha value is -3.29. The van der Waals surface area contributed by atoms with Gasteiger partial charge in [-0.15, -0.1) is 11.3 Å². The van der Waals surface area contributed by atoms with Crippen LogP contribution in [0.3, 0.4) is 0 Å². The van der Waals surface area contributed by atoms with Crippen LogP contribution >= 0.6 is 11.3 Å². The van der Waals surface area contributed by atoms with Gasteiger partial charge in [0.15, 0.2) is 0 Å². The van der Waals surface area contributed by atoms with Crippen LogP contribution in [0.2, 0.25) is 0 Å². The zero-order valence-electron chi connectivity index (χ0n) is 20.1. The Bertz CT molecular complexity index is 1260. The van der Waals surface area contributed by atoms with Gasteiger partial charge in [0.05, 0.1) is 17.5 Å². The molecule has 0 radical (unpaired) electrons. The molecule has 0 saturated carbocycles. The number of likely N-dealkylation sites (tertiary alicyclic amines) is 1. The van der Waals surface area contributed by atoms with Crippen molar-refractivity contribution < 1.29 is 9.32 Å². The predicted molar refractivity (Wildman–Crippen MR) is 138 cm³/mol. The van der Waals surface area contributed by atoms with Crippen LogP contribution < -0.4 is 5.32 Å². The molecule has 1 N–H and O–H groups in total. The summed E-state index contributed by atoms with van der Waals surface area (Å²) < 4.78 is 5.46. The Morgan fingerprint density at radius 2 is 1.91 bits per heavy atom. The third-order valence-corrected chi connectivity index (χ3v) is 7.55. The van der Waals surface area contributed by atoms with Crippen LogP contribution in [-0.4, -0.2) is 34.0 Å². The number of hydrogen-bond donors (Lipinski definition) is 1. The summed E-state index contributed by atoms with van der Waals surface area (Å²) in [5.74, 6) is 1.38. The molecule has 7 heteroatoms. The molecule has 1 amide bonds. The van der Waals surface area contributed by atoms with Crippen molar-refractivity contribution in [3.05, 3.63) is 94.2 Å². The van der Waals surface area contributed by atoms with Gasteiger partial charge < -0.3 is 9.84 Å². The monoisotopic (exact) mass is 486 g/mol. The predicted octanol–water partition coefficient (Wildman–Crippen LogP) is 5.53. The number of benzene rings is 2. The largest absolute Gasteiger partial charge is 0.345 e. The lowest BCUT2D eigenvalue weighted by atomic mass is 9.91. The quantitative estimate of drug-likeness (QED) is 0.372. The molecule has 0 aliphatic carbocycles. The number of hydrogen-bond acceptors (Lipinski definition) is 6. The third-order valence-electron chi connectivity index (χ3n) is 6.68. The van der Waals surface area contributed by atoms with Crippen molar-refractivity contribution in [2.75, 3.05) is 13.1 Å². The maximum Gasteiger partial charge on any atom is 0.241 e. The van der Waals surface area contributed by atoms with Gasteiger partial charge in [-0.1, -0.05) is 65.3 Å². The normalized spacial score (nSPS) is 15.7. The maximum atomic E-state index is 13.4. The number of carbonyl (C=O) groups excluding carboxylic acids is 1. The minimum atomic E-state index is -0.156. The Morgan fingerprint density at radius 1 is 1.11 bits per heavy atom. The van der Waals surface area contributed by atoms with Gasteiger partial charge in [-0.05, 0) is 67.9 Å². The number of rotatable bonds is 7. The second-order valence-corrected chi connectivity index (χ2v) is 10.2. The highest BCUT2D eigenvalue weighted by atomic mass is 32.1. The summed E-state index contributed by atoms with van der Waals surface area (Å²) in [6, 6.07) is 20.5. The summed E-state index contributed by atoms with van der Waals surface area (Å²) in [5, 5.41) is 9.47. The van der Waals surface area contributed by atoms with E-state index in [1.165, 1.54) is 11.1 Å². The molecule has 0 spiro atoms. The molecule has 5 rings (SSSR count). The lowest BCUT2D eigenvalue weighted by Crippen LogP contribution is -2.41. The number of nitrogens with one attached hydrogen (secondary N) is 1. The van der Waals surface area contributed by atoms with E-state index < -0.39 is 0 Å². The zero-order chi connectivity index (χ0) is 24.2. The molecular weight excluding hydrogens is 456 g/mol. The van der Waals surface area contributed by atoms with E-state index >= 15 is 0 Å². The molecule has 2 aromatic heterocycles. The molecule has 6 nitrogen and oxygen atoms in total. The zero-order valence-corrected chi connectivity index (χ0v) is 20.9. The SMILES string of the molecule is Cc1ccc(C(NC(=O)C2CCN(Cc3nc(-c4cccs4)no3)CC2)c2ccccc2)c(C)c1. The first-order valence-corrected chi connectivity index (χ1v) is 13.0. The number of piperidine rings is 1. The van der Waals surface area contributed by atoms with Gasteiger partial charge in [-0.2, -0.15) is 4.98 Å². The van der Waals surface area contributed by atoms with Crippen LogP contribution in [0.4, 0.5) is 0 Å². The molecule has 35 heavy (non-hydrogen) atoms. The number of carbonyl (C=O) groups is 1. The molecule has 1 saturated heterocycles. The molecule has 0 bridgehead atoms. The average Bonchev–Trinajstić information content (AvgIpc) is 3.56. The van der Waals surface area contributed by atoms with E-state index in [1.54, 1.807) is 11.3 Å². The number of amides is 1. The van der Waals surface area contributed by atoms with Gasteiger partial charge in [0, 0.05) is 5.92 Å². The average molecular weight is 487 g/mol. The molecule has 3 heterocycles. The number of aromatic nitrogens is 2. The van der Waals surface area contributed by atoms with Crippen LogP contribution in [0.1, 0.15) is 47.0 Å². The first-order chi connectivity index (χ1) is 17.1. The van der Waals surface area contributed by atoms with Crippen molar-refractivity contribution in [3.63, 3.8) is 0 Å². The summed E-state index contributed by atoms with van der Waals surface area (Å²) in [4.78, 5) is 21.2. The van der Waals surface area contributed by atoms with Gasteiger partial charge >= 0.3 is 0 Å². The molecule has 1 aliphatic heterocycles. The minimum absolute atomic E-state index is 0.00687. The smallest absolute Gasteiger partial charge is 0.241 e. The summed E-state index contributed by atoms with van der Waals surface area (Å²) in [6.07, 6.45) is 1.62. The van der Waals surface area contributed by atoms with Gasteiger partial charge in [-0.25, -0.2) is 0 Å². The van der Waals surface area contributed by atoms with Crippen molar-refractivity contribution in [1.82, 2.24) is 20.4 Å². The summed E-state index contributed by atoms with van der Waals surface area (Å²) >= 11 is 1.60. The van der Waals surface area contributed by atoms with Crippen molar-refractivity contribution in [1.29, 1.82) is 0 Å². The van der Waals surface area contributed by atoms with E-state index in [-0.39, 0.29) is 17.9 Å². The molecule has 1 atom stereocenters. The number of nitrogens with zero attached hydrogens (tertiary/aromatic N) is 3. The highest BCUT2D eigenvalue weighted by Gasteiger charge is 2.28. The fraction of sp³-hybridized carbons (Fsp3) is 0.321. The van der Waals surface area contributed by atoms with Crippen molar-refractivity contribution in [2.24, 2.45) is 5.92 Å². The topological polar surface area (TPSA) is 71.3 Å². The van der Waals surface area contributed by atoms with Gasteiger partial charge in [0.25, 0.3) is 0 Å². The van der Waals surface area contributed by atoms with Crippen molar-refractivity contribution in [3.8, 4) is 10.7 Å². The molecule has 1 fully saturated rings. The van der Waals surface area contributed by atoms with E-state index in [0.29, 0.717) is 18.3 Å². The molecule has 1 unspecified atom stereocenters. The standard InChI is InChI=1S/C28H30N4O2S/c1-19-10-11-23(20(2)17-19)26(21-7-4-3-5-8-21)30-28(33)22-12-14-32(15-13-22)18-25-29-27(31-34-25)24-9-6-16-35-24/h3-11,16-17,22,26H,12-15,18H2,1-2H3,(H,30,33). The van der Waals surface area contributed by atoms with Crippen molar-refractivity contribution in [2.45, 2.75) is 39.3 Å². The number of aryl methyl sites for hydroxylation is 2. The second-order valence-electron chi connectivity index (χ2n) is 9.25. The Labute approximate surface area is 210 Å². The van der Waals surface area contributed by atoms with Crippen LogP contribution in [0, 0.1) is 19.8 Å². The number of thiophene rings is 1. The van der Waals surface area contributed by atoms with E-state index in [1.807, 2.05) is 35.7 Å². The summed E-state index contributed by atoms with van der Waals surface area (Å²) in [7, 11) is 0. The van der Waals surface area contributed by atoms with E-state index in [2.05, 4.69) is 64.5 Å². The molecule has 4 aromatic rings. The van der Waals surface area contributed by atoms with Crippen LogP contribution in [-0.2, 0) is 11.3 Å². The van der Waals surface area contributed by atoms with Gasteiger partial charge in [0.2, 0.25) is 17.6 Å². The van der Waals surface area contributed by atoms with Gasteiger partial charge in [-0.3, -0.25) is 9.69 Å². The summed E-state index contributed by atoms with van der Waals surface area (Å²) in [6.45, 7) is 6.48. The Morgan fingerprint density at radius 3 is 2.63 bits per heavy atom. The Kier molecular flexibility index (Phi) is 7.06. The fourth-order valence-corrected chi connectivity index (χ4v) is 5.41. The highest BCUT2D eigenvalue weighted by molar-refractivity contribution is 7.13. The third kappa shape index (κ3) is 5.52. The van der Waals surface area contributed by atoms with Crippen LogP contribution in [0.5, 0.6) is 0 Å². The van der Waals surface area contributed by atoms with Crippen LogP contribution in [0.25, 0.3) is 10.7 Å². The molecule has 2 aromatic carbocycles. The second kappa shape index (κ2) is 10.5. The van der Waals surface area contributed by atoms with E-state index in [4.69, 9.17) is 4.52 Å². The molecule has 1 aliphatic rings. The highest BCUT2D eigenvalue weighted by Crippen LogP contribution is 2.28. The first-order valence-electron chi connectivity index (χ1n) is 12.1. The minimum Gasteiger partial charge on any atom is -0.345 e. The van der Waals surface area contributed by atoms with Gasteiger partial charge in [0.1, 0.15) is 0 Å². The Balaban J connectivity index is 1.22. The van der Waals surface area contributed by atoms with E-state index in [0.717, 1.165) is 41.9 Å². The lowest BCUT2D eigenvalue weighted by Gasteiger charge is -2.31. The van der Waals surface area contributed by atoms with Crippen LogP contribution in [0.15, 0.2) is 70.6 Å². The summed E-state index contributed by atoms with van der Waals surface area (Å²) in [5.41, 5.74) is 4.66.